The number of aromatic hydroxyl groups is 3. The summed E-state index contributed by atoms with van der Waals surface area (Å²) in [5.41, 5.74) is 2.24. The number of hydrogen-bond acceptors (Lipinski definition) is 15. The number of ketones is 1. The van der Waals surface area contributed by atoms with Crippen LogP contribution in [0, 0.1) is 30.6 Å². The monoisotopic (exact) mass is 928 g/mol. The van der Waals surface area contributed by atoms with Crippen molar-refractivity contribution in [2.45, 2.75) is 98.6 Å². The first-order valence-electron chi connectivity index (χ1n) is 23.0. The fraction of sp³-hybridized carbons (Fsp3) is 0.510. The van der Waals surface area contributed by atoms with Crippen molar-refractivity contribution in [2.75, 3.05) is 57.1 Å². The van der Waals surface area contributed by atoms with Crippen LogP contribution < -0.4 is 20.3 Å². The molecule has 4 heterocycles. The van der Waals surface area contributed by atoms with Crippen molar-refractivity contribution in [1.82, 2.24) is 10.2 Å². The molecule has 0 saturated carbocycles. The Balaban J connectivity index is 1.40. The molecule has 16 heteroatoms. The molecule has 0 aromatic heterocycles. The van der Waals surface area contributed by atoms with Gasteiger partial charge in [-0.3, -0.25) is 14.4 Å². The van der Waals surface area contributed by atoms with Gasteiger partial charge in [-0.1, -0.05) is 58.1 Å². The number of methoxy groups -OCH3 is 1. The number of nitrogens with zero attached hydrogens (tertiary/aromatic N) is 2. The Bertz CT molecular complexity index is 2410. The zero-order valence-electron chi connectivity index (χ0n) is 40.3. The minimum Gasteiger partial charge on any atom is -0.507 e. The Morgan fingerprint density at radius 2 is 1.58 bits per heavy atom. The Morgan fingerprint density at radius 3 is 2.22 bits per heavy atom. The lowest BCUT2D eigenvalue weighted by Gasteiger charge is -2.38. The van der Waals surface area contributed by atoms with Crippen LogP contribution in [0.15, 0.2) is 60.4 Å². The number of amides is 1. The number of aliphatic hydroxyl groups excluding tert-OH is 2. The molecule has 1 amide bonds. The Labute approximate surface area is 392 Å². The van der Waals surface area contributed by atoms with Crippen molar-refractivity contribution in [3.8, 4) is 23.0 Å². The maximum Gasteiger partial charge on any atom is 0.312 e. The molecule has 67 heavy (non-hydrogen) atoms. The number of aliphatic hydroxyl groups is 2. The largest absolute Gasteiger partial charge is 0.507 e. The first kappa shape index (κ1) is 50.8. The van der Waals surface area contributed by atoms with E-state index in [0.717, 1.165) is 37.4 Å². The highest BCUT2D eigenvalue weighted by Gasteiger charge is 2.50. The highest BCUT2D eigenvalue weighted by Crippen LogP contribution is 2.55. The first-order valence-corrected chi connectivity index (χ1v) is 23.0. The van der Waals surface area contributed by atoms with Gasteiger partial charge in [0, 0.05) is 105 Å². The summed E-state index contributed by atoms with van der Waals surface area (Å²) >= 11 is 0. The number of Topliss-reactive ketones (excluding diaryl/α,β-unsaturated/α-hetero) is 1. The predicted molar refractivity (Wildman–Crippen MR) is 255 cm³/mol. The van der Waals surface area contributed by atoms with Crippen molar-refractivity contribution < 1.29 is 58.9 Å². The highest BCUT2D eigenvalue weighted by molar-refractivity contribution is 6.22. The lowest BCUT2D eigenvalue weighted by atomic mass is 9.78. The van der Waals surface area contributed by atoms with Crippen molar-refractivity contribution in [3.05, 3.63) is 82.7 Å². The van der Waals surface area contributed by atoms with Crippen LogP contribution in [0.3, 0.4) is 0 Å². The van der Waals surface area contributed by atoms with Crippen LogP contribution in [0.5, 0.6) is 23.0 Å². The van der Waals surface area contributed by atoms with E-state index in [9.17, 15) is 39.9 Å². The lowest BCUT2D eigenvalue weighted by molar-refractivity contribution is -0.160. The van der Waals surface area contributed by atoms with Crippen LogP contribution in [0.4, 0.5) is 11.4 Å². The molecule has 3 aromatic rings. The number of allylic oxidation sites excluding steroid dienone is 2. The number of anilines is 2. The minimum atomic E-state index is -2.04. The van der Waals surface area contributed by atoms with Crippen molar-refractivity contribution >= 4 is 39.8 Å². The van der Waals surface area contributed by atoms with Gasteiger partial charge >= 0.3 is 11.8 Å². The number of carbonyl (C=O) groups excluding carboxylic acids is 3. The third kappa shape index (κ3) is 10.6. The fourth-order valence-corrected chi connectivity index (χ4v) is 9.37. The second-order valence-electron chi connectivity index (χ2n) is 18.6. The molecule has 7 rings (SSSR count). The van der Waals surface area contributed by atoms with Gasteiger partial charge in [-0.15, -0.1) is 0 Å². The van der Waals surface area contributed by atoms with Gasteiger partial charge in [0.1, 0.15) is 23.4 Å². The predicted octanol–water partition coefficient (Wildman–Crippen LogP) is 5.84. The number of esters is 1. The molecule has 16 nitrogen and oxygen atoms in total. The number of hydrogen-bond donors (Lipinski definition) is 7. The summed E-state index contributed by atoms with van der Waals surface area (Å²) < 4.78 is 23.8. The van der Waals surface area contributed by atoms with E-state index >= 15 is 0 Å². The van der Waals surface area contributed by atoms with E-state index in [4.69, 9.17) is 18.9 Å². The van der Waals surface area contributed by atoms with Gasteiger partial charge in [0.15, 0.2) is 5.75 Å². The van der Waals surface area contributed by atoms with Crippen LogP contribution in [0.2, 0.25) is 0 Å². The normalized spacial score (nSPS) is 27.8. The standard InChI is InChI=1S/C51H68N4O12/c1-27-12-11-13-28(2)50(63)53-41-36(18-20-52-26-34-14-16-35(17-15-34)55-23-21-54(9)22-24-55)45(60)38-39(46(41)61)44(59)32(6)48-40(38)49(62)51(8,67-48)65-25-19-37(64-10)29(3)47(66-33(7)56)31(5)43(58)30(4)42(27)57/h11-17,19,25,27,29-31,37,42-43,47,52,57-61H,18,20-24,26H2,1-10H3,(H,53,63)/t27-,29+,30+,31+,37-,42-,43+,47+,51-/m0/s1. The molecule has 0 aliphatic carbocycles. The van der Waals surface area contributed by atoms with Gasteiger partial charge < -0.3 is 64.9 Å². The van der Waals surface area contributed by atoms with Crippen molar-refractivity contribution in [3.63, 3.8) is 0 Å². The third-order valence-electron chi connectivity index (χ3n) is 13.8. The summed E-state index contributed by atoms with van der Waals surface area (Å²) in [6.45, 7) is 17.3. The molecule has 4 aliphatic heterocycles. The highest BCUT2D eigenvalue weighted by atomic mass is 16.7. The Hall–Kier alpha value is -5.65. The van der Waals surface area contributed by atoms with Crippen LogP contribution in [-0.4, -0.2) is 125 Å². The average molecular weight is 929 g/mol. The molecular weight excluding hydrogens is 861 g/mol. The van der Waals surface area contributed by atoms with Crippen molar-refractivity contribution in [1.29, 1.82) is 0 Å². The van der Waals surface area contributed by atoms with E-state index in [-0.39, 0.29) is 57.4 Å². The van der Waals surface area contributed by atoms with Gasteiger partial charge in [-0.2, -0.15) is 0 Å². The van der Waals surface area contributed by atoms with Crippen LogP contribution >= 0.6 is 0 Å². The number of nitrogens with one attached hydrogen (secondary N) is 2. The second kappa shape index (κ2) is 21.1. The van der Waals surface area contributed by atoms with Crippen LogP contribution in [-0.2, 0) is 36.8 Å². The first-order chi connectivity index (χ1) is 31.7. The maximum absolute atomic E-state index is 14.6. The Morgan fingerprint density at radius 1 is 0.910 bits per heavy atom. The number of carbonyl (C=O) groups is 3. The quantitative estimate of drug-likeness (QED) is 0.0611. The van der Waals surface area contributed by atoms with E-state index in [0.29, 0.717) is 6.54 Å². The fourth-order valence-electron chi connectivity index (χ4n) is 9.37. The molecule has 0 spiro atoms. The summed E-state index contributed by atoms with van der Waals surface area (Å²) in [5.74, 6) is -8.05. The summed E-state index contributed by atoms with van der Waals surface area (Å²) in [6, 6.07) is 8.30. The summed E-state index contributed by atoms with van der Waals surface area (Å²) in [4.78, 5) is 45.5. The van der Waals surface area contributed by atoms with E-state index in [1.54, 1.807) is 46.8 Å². The van der Waals surface area contributed by atoms with E-state index in [1.165, 1.54) is 46.3 Å². The summed E-state index contributed by atoms with van der Waals surface area (Å²) in [7, 11) is 3.56. The van der Waals surface area contributed by atoms with Crippen LogP contribution in [0.1, 0.15) is 75.5 Å². The summed E-state index contributed by atoms with van der Waals surface area (Å²) in [5, 5.41) is 64.7. The van der Waals surface area contributed by atoms with Gasteiger partial charge in [-0.05, 0) is 57.6 Å². The third-order valence-corrected chi connectivity index (χ3v) is 13.8. The zero-order chi connectivity index (χ0) is 49.1. The maximum atomic E-state index is 14.6. The van der Waals surface area contributed by atoms with Gasteiger partial charge in [0.25, 0.3) is 11.7 Å². The molecule has 0 unspecified atom stereocenters. The van der Waals surface area contributed by atoms with Gasteiger partial charge in [0.05, 0.1) is 41.2 Å². The molecule has 3 aromatic carbocycles. The number of benzene rings is 3. The molecule has 364 valence electrons. The molecular formula is C51H68N4O12. The number of fused-ring (bicyclic) bond motifs is 14. The number of piperazine rings is 1. The smallest absolute Gasteiger partial charge is 0.312 e. The Kier molecular flexibility index (Phi) is 16.0. The number of rotatable bonds is 8. The molecule has 0 radical (unpaired) electrons. The number of likely N-dealkylation sites (N-methyl/N-ethyl adjacent to an activating group) is 1. The van der Waals surface area contributed by atoms with Gasteiger partial charge in [0.2, 0.25) is 0 Å². The van der Waals surface area contributed by atoms with Crippen LogP contribution in [0.25, 0.3) is 10.8 Å². The molecule has 5 bridgehead atoms. The SMILES string of the molecule is CO[C@H]1C=CO[C@@]2(C)Oc3c(C)c(O)c4c(O)c(c(CCNCc5ccc(N6CCN(C)CC6)cc5)c(O)c4c3C2=O)NC(=O)C(C)=CC=C[C@H](C)[C@H](O)[C@@H](C)[C@@H](O)[C@@H](C)[C@H](OC(C)=O)[C@@H]1C. The van der Waals surface area contributed by atoms with Gasteiger partial charge in [-0.25, -0.2) is 0 Å². The molecule has 9 atom stereocenters. The van der Waals surface area contributed by atoms with E-state index in [1.807, 2.05) is 0 Å². The second-order valence-corrected chi connectivity index (χ2v) is 18.6. The topological polar surface area (TPSA) is 220 Å². The number of ether oxygens (including phenoxy) is 4. The molecule has 4 aliphatic rings. The van der Waals surface area contributed by atoms with Crippen molar-refractivity contribution in [2.24, 2.45) is 23.7 Å². The summed E-state index contributed by atoms with van der Waals surface area (Å²) in [6.07, 6.45) is 3.73. The zero-order valence-corrected chi connectivity index (χ0v) is 40.3. The molecule has 1 fully saturated rings. The number of phenols is 3. The van der Waals surface area contributed by atoms with E-state index < -0.39 is 88.8 Å². The molecule has 1 saturated heterocycles. The van der Waals surface area contributed by atoms with E-state index in [2.05, 4.69) is 51.7 Å². The molecule has 7 N–H and O–H groups in total. The number of phenolic OH excluding ortho intramolecular Hbond substituents is 3. The minimum absolute atomic E-state index is 0.0605. The lowest BCUT2D eigenvalue weighted by Crippen LogP contribution is -2.46. The average Bonchev–Trinajstić information content (AvgIpc) is 3.57.